The van der Waals surface area contributed by atoms with Crippen LogP contribution in [0.4, 0.5) is 0 Å². The van der Waals surface area contributed by atoms with Gasteiger partial charge in [-0.1, -0.05) is 12.1 Å². The summed E-state index contributed by atoms with van der Waals surface area (Å²) in [7, 11) is -3.62. The number of carbonyl (C=O) groups is 1. The van der Waals surface area contributed by atoms with Crippen LogP contribution in [-0.2, 0) is 16.6 Å². The lowest BCUT2D eigenvalue weighted by Gasteiger charge is -2.33. The fourth-order valence-electron chi connectivity index (χ4n) is 2.90. The van der Waals surface area contributed by atoms with Gasteiger partial charge in [0.05, 0.1) is 10.9 Å². The van der Waals surface area contributed by atoms with Gasteiger partial charge in [0.25, 0.3) is 0 Å². The number of rotatable bonds is 3. The largest absolute Gasteiger partial charge is 0.349 e. The van der Waals surface area contributed by atoms with Crippen molar-refractivity contribution < 1.29 is 13.2 Å². The minimum Gasteiger partial charge on any atom is -0.349 e. The summed E-state index contributed by atoms with van der Waals surface area (Å²) in [6, 6.07) is 9.89. The van der Waals surface area contributed by atoms with Gasteiger partial charge in [-0.25, -0.2) is 8.42 Å². The first-order valence-electron chi connectivity index (χ1n) is 7.19. The lowest BCUT2D eigenvalue weighted by Crippen LogP contribution is -2.40. The molecular formula is C16H18N2O3S. The van der Waals surface area contributed by atoms with Crippen LogP contribution in [-0.4, -0.2) is 29.6 Å². The summed E-state index contributed by atoms with van der Waals surface area (Å²) in [5.74, 6) is -0.141. The molecule has 0 saturated carbocycles. The van der Waals surface area contributed by atoms with Crippen LogP contribution in [0.25, 0.3) is 0 Å². The zero-order valence-corrected chi connectivity index (χ0v) is 13.4. The Balaban J connectivity index is 2.01. The normalized spacial score (nSPS) is 18.9. The van der Waals surface area contributed by atoms with Gasteiger partial charge in [-0.15, -0.1) is 0 Å². The van der Waals surface area contributed by atoms with Crippen molar-refractivity contribution in [1.29, 1.82) is 0 Å². The van der Waals surface area contributed by atoms with E-state index in [-0.39, 0.29) is 16.7 Å². The average Bonchev–Trinajstić information content (AvgIpc) is 2.97. The lowest BCUT2D eigenvalue weighted by molar-refractivity contribution is 0.101. The number of sulfonamides is 1. The maximum Gasteiger partial charge on any atom is 0.243 e. The number of hydrogen-bond acceptors (Lipinski definition) is 3. The molecule has 2 heterocycles. The molecule has 0 bridgehead atoms. The van der Waals surface area contributed by atoms with Crippen LogP contribution >= 0.6 is 0 Å². The van der Waals surface area contributed by atoms with Gasteiger partial charge < -0.3 is 4.57 Å². The number of fused-ring (bicyclic) bond motifs is 1. The molecule has 0 aliphatic carbocycles. The van der Waals surface area contributed by atoms with E-state index in [0.29, 0.717) is 18.7 Å². The summed E-state index contributed by atoms with van der Waals surface area (Å²) in [4.78, 5) is 11.7. The fraction of sp³-hybridized carbons (Fsp3) is 0.312. The van der Waals surface area contributed by atoms with Crippen LogP contribution in [0.5, 0.6) is 0 Å². The first-order valence-corrected chi connectivity index (χ1v) is 8.63. The highest BCUT2D eigenvalue weighted by Gasteiger charge is 2.33. The molecule has 0 N–H and O–H groups in total. The average molecular weight is 318 g/mol. The van der Waals surface area contributed by atoms with Gasteiger partial charge in [0.15, 0.2) is 5.78 Å². The topological polar surface area (TPSA) is 59.4 Å². The Kier molecular flexibility index (Phi) is 3.66. The fourth-order valence-corrected chi connectivity index (χ4v) is 4.54. The molecule has 6 heteroatoms. The second kappa shape index (κ2) is 5.37. The molecule has 3 rings (SSSR count). The van der Waals surface area contributed by atoms with Gasteiger partial charge in [0.1, 0.15) is 0 Å². The number of carbonyl (C=O) groups excluding carboxylic acids is 1. The Morgan fingerprint density at radius 3 is 2.68 bits per heavy atom. The van der Waals surface area contributed by atoms with Gasteiger partial charge in [-0.05, 0) is 38.1 Å². The van der Waals surface area contributed by atoms with E-state index in [1.54, 1.807) is 18.2 Å². The van der Waals surface area contributed by atoms with E-state index >= 15 is 0 Å². The van der Waals surface area contributed by atoms with Gasteiger partial charge in [-0.3, -0.25) is 4.79 Å². The first-order chi connectivity index (χ1) is 10.4. The van der Waals surface area contributed by atoms with E-state index in [2.05, 4.69) is 4.57 Å². The van der Waals surface area contributed by atoms with E-state index < -0.39 is 10.0 Å². The SMILES string of the molecule is CC(=O)c1cccc(S(=O)(=O)N2CCn3cccc3[C@@H]2C)c1. The molecule has 0 fully saturated rings. The lowest BCUT2D eigenvalue weighted by atomic mass is 10.2. The number of Topliss-reactive ketones (excluding diaryl/α,β-unsaturated/α-hetero) is 1. The van der Waals surface area contributed by atoms with Crippen LogP contribution in [0, 0.1) is 0 Å². The van der Waals surface area contributed by atoms with E-state index in [4.69, 9.17) is 0 Å². The van der Waals surface area contributed by atoms with E-state index in [9.17, 15) is 13.2 Å². The molecule has 5 nitrogen and oxygen atoms in total. The highest BCUT2D eigenvalue weighted by Crippen LogP contribution is 2.31. The van der Waals surface area contributed by atoms with Gasteiger partial charge in [0, 0.05) is 30.5 Å². The smallest absolute Gasteiger partial charge is 0.243 e. The number of nitrogens with zero attached hydrogens (tertiary/aromatic N) is 2. The monoisotopic (exact) mass is 318 g/mol. The minimum absolute atomic E-state index is 0.141. The van der Waals surface area contributed by atoms with Crippen LogP contribution in [0.2, 0.25) is 0 Å². The molecular weight excluding hydrogens is 300 g/mol. The van der Waals surface area contributed by atoms with Crippen molar-refractivity contribution in [3.05, 3.63) is 53.9 Å². The van der Waals surface area contributed by atoms with Crippen molar-refractivity contribution in [3.63, 3.8) is 0 Å². The maximum absolute atomic E-state index is 12.9. The van der Waals surface area contributed by atoms with Crippen molar-refractivity contribution in [2.45, 2.75) is 31.3 Å². The second-order valence-electron chi connectivity index (χ2n) is 5.50. The molecule has 22 heavy (non-hydrogen) atoms. The van der Waals surface area contributed by atoms with Crippen LogP contribution < -0.4 is 0 Å². The number of benzene rings is 1. The van der Waals surface area contributed by atoms with Crippen molar-refractivity contribution in [2.75, 3.05) is 6.54 Å². The second-order valence-corrected chi connectivity index (χ2v) is 7.39. The third-order valence-electron chi connectivity index (χ3n) is 4.13. The van der Waals surface area contributed by atoms with Crippen LogP contribution in [0.3, 0.4) is 0 Å². The minimum atomic E-state index is -3.62. The van der Waals surface area contributed by atoms with Gasteiger partial charge in [0.2, 0.25) is 10.0 Å². The van der Waals surface area contributed by atoms with Crippen LogP contribution in [0.1, 0.15) is 35.9 Å². The third-order valence-corrected chi connectivity index (χ3v) is 6.10. The predicted octanol–water partition coefficient (Wildman–Crippen LogP) is 2.46. The Bertz CT molecular complexity index is 823. The zero-order chi connectivity index (χ0) is 15.9. The molecule has 1 aliphatic rings. The molecule has 1 aliphatic heterocycles. The van der Waals surface area contributed by atoms with Crippen molar-refractivity contribution in [1.82, 2.24) is 8.87 Å². The molecule has 0 spiro atoms. The Hall–Kier alpha value is -1.92. The number of aromatic nitrogens is 1. The highest BCUT2D eigenvalue weighted by atomic mass is 32.2. The first kappa shape index (κ1) is 15.0. The predicted molar refractivity (Wildman–Crippen MR) is 83.2 cm³/mol. The highest BCUT2D eigenvalue weighted by molar-refractivity contribution is 7.89. The Morgan fingerprint density at radius 1 is 1.18 bits per heavy atom. The molecule has 116 valence electrons. The van der Waals surface area contributed by atoms with Crippen molar-refractivity contribution in [2.24, 2.45) is 0 Å². The standard InChI is InChI=1S/C16H18N2O3S/c1-12-16-7-4-8-17(16)9-10-18(12)22(20,21)15-6-3-5-14(11-15)13(2)19/h3-8,11-12H,9-10H2,1-2H3/t12-/m0/s1. The third kappa shape index (κ3) is 2.38. The van der Waals surface area contributed by atoms with E-state index in [1.165, 1.54) is 17.3 Å². The maximum atomic E-state index is 12.9. The summed E-state index contributed by atoms with van der Waals surface area (Å²) in [6.45, 7) is 4.38. The zero-order valence-electron chi connectivity index (χ0n) is 12.6. The molecule has 0 radical (unpaired) electrons. The molecule has 0 unspecified atom stereocenters. The molecule has 2 aromatic rings. The molecule has 0 amide bonds. The summed E-state index contributed by atoms with van der Waals surface area (Å²) in [6.07, 6.45) is 1.96. The van der Waals surface area contributed by atoms with E-state index in [0.717, 1.165) is 5.69 Å². The van der Waals surface area contributed by atoms with Crippen molar-refractivity contribution >= 4 is 15.8 Å². The molecule has 1 atom stereocenters. The summed E-state index contributed by atoms with van der Waals surface area (Å²) >= 11 is 0. The molecule has 1 aromatic carbocycles. The number of hydrogen-bond donors (Lipinski definition) is 0. The molecule has 1 aromatic heterocycles. The molecule has 0 saturated heterocycles. The quantitative estimate of drug-likeness (QED) is 0.817. The van der Waals surface area contributed by atoms with Crippen molar-refractivity contribution in [3.8, 4) is 0 Å². The van der Waals surface area contributed by atoms with Gasteiger partial charge >= 0.3 is 0 Å². The summed E-state index contributed by atoms with van der Waals surface area (Å²) in [5, 5.41) is 0. The Labute approximate surface area is 130 Å². The van der Waals surface area contributed by atoms with Gasteiger partial charge in [-0.2, -0.15) is 4.31 Å². The van der Waals surface area contributed by atoms with E-state index in [1.807, 2.05) is 25.3 Å². The Morgan fingerprint density at radius 2 is 1.95 bits per heavy atom. The summed E-state index contributed by atoms with van der Waals surface area (Å²) < 4.78 is 29.4. The number of ketones is 1. The summed E-state index contributed by atoms with van der Waals surface area (Å²) in [5.41, 5.74) is 1.40. The van der Waals surface area contributed by atoms with Crippen LogP contribution in [0.15, 0.2) is 47.5 Å².